The maximum atomic E-state index is 12.5. The molecule has 0 saturated heterocycles. The molecule has 6 heteroatoms. The van der Waals surface area contributed by atoms with Crippen molar-refractivity contribution in [3.63, 3.8) is 0 Å². The zero-order valence-corrected chi connectivity index (χ0v) is 12.5. The predicted molar refractivity (Wildman–Crippen MR) is 77.2 cm³/mol. The number of rotatable bonds is 8. The molecule has 1 aromatic rings. The Hall–Kier alpha value is -1.11. The average Bonchev–Trinajstić information content (AvgIpc) is 2.82. The van der Waals surface area contributed by atoms with Gasteiger partial charge in [-0.2, -0.15) is 4.31 Å². The van der Waals surface area contributed by atoms with Crippen LogP contribution in [0.25, 0.3) is 0 Å². The van der Waals surface area contributed by atoms with Crippen LogP contribution in [0.15, 0.2) is 29.8 Å². The Morgan fingerprint density at radius 1 is 1.47 bits per heavy atom. The molecule has 0 aliphatic rings. The highest BCUT2D eigenvalue weighted by molar-refractivity contribution is 7.89. The van der Waals surface area contributed by atoms with Gasteiger partial charge in [-0.15, -0.1) is 6.58 Å². The molecule has 0 fully saturated rings. The van der Waals surface area contributed by atoms with E-state index in [0.717, 1.165) is 12.1 Å². The van der Waals surface area contributed by atoms with Crippen molar-refractivity contribution in [2.45, 2.75) is 38.3 Å². The Balaban J connectivity index is 3.16. The van der Waals surface area contributed by atoms with E-state index in [-0.39, 0.29) is 0 Å². The first-order chi connectivity index (χ1) is 9.01. The van der Waals surface area contributed by atoms with Gasteiger partial charge in [0.15, 0.2) is 0 Å². The van der Waals surface area contributed by atoms with Crippen molar-refractivity contribution in [2.24, 2.45) is 5.73 Å². The van der Waals surface area contributed by atoms with E-state index in [0.29, 0.717) is 31.1 Å². The van der Waals surface area contributed by atoms with E-state index in [4.69, 9.17) is 5.73 Å². The molecule has 1 heterocycles. The van der Waals surface area contributed by atoms with Gasteiger partial charge in [0.25, 0.3) is 0 Å². The first-order valence-electron chi connectivity index (χ1n) is 6.51. The van der Waals surface area contributed by atoms with Crippen LogP contribution in [-0.4, -0.2) is 30.4 Å². The second-order valence-corrected chi connectivity index (χ2v) is 6.25. The number of hydrogen-bond acceptors (Lipinski definition) is 3. The van der Waals surface area contributed by atoms with E-state index in [9.17, 15) is 8.42 Å². The summed E-state index contributed by atoms with van der Waals surface area (Å²) in [5.41, 5.74) is 6.46. The lowest BCUT2D eigenvalue weighted by atomic mass is 10.4. The highest BCUT2D eigenvalue weighted by Gasteiger charge is 2.24. The van der Waals surface area contributed by atoms with Crippen molar-refractivity contribution < 1.29 is 8.42 Å². The van der Waals surface area contributed by atoms with E-state index in [1.54, 1.807) is 18.3 Å². The van der Waals surface area contributed by atoms with Crippen LogP contribution in [0.2, 0.25) is 0 Å². The molecule has 0 aliphatic carbocycles. The summed E-state index contributed by atoms with van der Waals surface area (Å²) in [4.78, 5) is 0.310. The molecule has 2 N–H and O–H groups in total. The van der Waals surface area contributed by atoms with Gasteiger partial charge >= 0.3 is 0 Å². The Bertz CT molecular complexity index is 498. The van der Waals surface area contributed by atoms with Gasteiger partial charge in [0.2, 0.25) is 10.0 Å². The third-order valence-electron chi connectivity index (χ3n) is 2.95. The van der Waals surface area contributed by atoms with Gasteiger partial charge in [-0.3, -0.25) is 0 Å². The van der Waals surface area contributed by atoms with Crippen molar-refractivity contribution in [1.82, 2.24) is 8.87 Å². The maximum absolute atomic E-state index is 12.5. The molecule has 5 nitrogen and oxygen atoms in total. The maximum Gasteiger partial charge on any atom is 0.244 e. The largest absolute Gasteiger partial charge is 0.349 e. The van der Waals surface area contributed by atoms with Gasteiger partial charge in [0.1, 0.15) is 4.90 Å². The lowest BCUT2D eigenvalue weighted by Crippen LogP contribution is -2.31. The smallest absolute Gasteiger partial charge is 0.244 e. The lowest BCUT2D eigenvalue weighted by molar-refractivity contribution is 0.441. The summed E-state index contributed by atoms with van der Waals surface area (Å²) in [6, 6.07) is 1.66. The third-order valence-corrected chi connectivity index (χ3v) is 4.78. The molecule has 0 saturated carbocycles. The lowest BCUT2D eigenvalue weighted by Gasteiger charge is -2.19. The first kappa shape index (κ1) is 15.9. The molecule has 1 aromatic heterocycles. The summed E-state index contributed by atoms with van der Waals surface area (Å²) in [5.74, 6) is 0. The number of nitrogens with two attached hydrogens (primary N) is 1. The number of nitrogens with zero attached hydrogens (tertiary/aromatic N) is 2. The van der Waals surface area contributed by atoms with E-state index < -0.39 is 10.0 Å². The van der Waals surface area contributed by atoms with Crippen LogP contribution in [0.1, 0.15) is 26.0 Å². The first-order valence-corrected chi connectivity index (χ1v) is 7.95. The van der Waals surface area contributed by atoms with Crippen LogP contribution in [0.5, 0.6) is 0 Å². The molecule has 0 atom stereocenters. The fourth-order valence-corrected chi connectivity index (χ4v) is 3.55. The van der Waals surface area contributed by atoms with Crippen molar-refractivity contribution in [3.8, 4) is 0 Å². The van der Waals surface area contributed by atoms with Crippen LogP contribution >= 0.6 is 0 Å². The molecule has 0 bridgehead atoms. The summed E-state index contributed by atoms with van der Waals surface area (Å²) in [7, 11) is -3.46. The SMILES string of the molecule is C=CCN(CCC)S(=O)(=O)c1cc(CN)n(CC)c1. The number of sulfonamides is 1. The van der Waals surface area contributed by atoms with Crippen molar-refractivity contribution >= 4 is 10.0 Å². The number of aromatic nitrogens is 1. The molecule has 108 valence electrons. The molecule has 0 unspecified atom stereocenters. The Kier molecular flexibility index (Phi) is 5.78. The summed E-state index contributed by atoms with van der Waals surface area (Å²) >= 11 is 0. The Morgan fingerprint density at radius 2 is 2.16 bits per heavy atom. The monoisotopic (exact) mass is 285 g/mol. The minimum absolute atomic E-state index is 0.310. The Morgan fingerprint density at radius 3 is 2.58 bits per heavy atom. The fourth-order valence-electron chi connectivity index (χ4n) is 1.98. The molecule has 0 radical (unpaired) electrons. The fraction of sp³-hybridized carbons (Fsp3) is 0.538. The molecule has 0 spiro atoms. The predicted octanol–water partition coefficient (Wildman–Crippen LogP) is 1.55. The van der Waals surface area contributed by atoms with Crippen LogP contribution in [0, 0.1) is 0 Å². The van der Waals surface area contributed by atoms with Crippen LogP contribution < -0.4 is 5.73 Å². The third kappa shape index (κ3) is 3.46. The Labute approximate surface area is 115 Å². The second-order valence-electron chi connectivity index (χ2n) is 4.31. The minimum Gasteiger partial charge on any atom is -0.349 e. The van der Waals surface area contributed by atoms with Gasteiger partial charge in [-0.05, 0) is 19.4 Å². The average molecular weight is 285 g/mol. The van der Waals surface area contributed by atoms with Gasteiger partial charge in [0.05, 0.1) is 0 Å². The molecule has 0 amide bonds. The molecular weight excluding hydrogens is 262 g/mol. The van der Waals surface area contributed by atoms with E-state index >= 15 is 0 Å². The summed E-state index contributed by atoms with van der Waals surface area (Å²) in [6.45, 7) is 9.38. The topological polar surface area (TPSA) is 68.3 Å². The molecular formula is C13H23N3O2S. The van der Waals surface area contributed by atoms with E-state index in [1.165, 1.54) is 4.31 Å². The van der Waals surface area contributed by atoms with Gasteiger partial charge < -0.3 is 10.3 Å². The van der Waals surface area contributed by atoms with E-state index in [2.05, 4.69) is 6.58 Å². The molecule has 0 aromatic carbocycles. The summed E-state index contributed by atoms with van der Waals surface area (Å²) < 4.78 is 28.4. The number of hydrogen-bond donors (Lipinski definition) is 1. The van der Waals surface area contributed by atoms with E-state index in [1.807, 2.05) is 18.4 Å². The molecule has 1 rings (SSSR count). The normalized spacial score (nSPS) is 12.0. The summed E-state index contributed by atoms with van der Waals surface area (Å²) in [6.07, 6.45) is 4.03. The zero-order valence-electron chi connectivity index (χ0n) is 11.7. The van der Waals surface area contributed by atoms with Crippen LogP contribution in [0.4, 0.5) is 0 Å². The molecule has 0 aliphatic heterocycles. The zero-order chi connectivity index (χ0) is 14.5. The highest BCUT2D eigenvalue weighted by Crippen LogP contribution is 2.19. The standard InChI is InChI=1S/C13H23N3O2S/c1-4-7-16(8-5-2)19(17,18)13-9-12(10-14)15(6-3)11-13/h4,9,11H,1,5-8,10,14H2,2-3H3. The summed E-state index contributed by atoms with van der Waals surface area (Å²) in [5, 5.41) is 0. The minimum atomic E-state index is -3.46. The quantitative estimate of drug-likeness (QED) is 0.737. The van der Waals surface area contributed by atoms with Crippen molar-refractivity contribution in [2.75, 3.05) is 13.1 Å². The highest BCUT2D eigenvalue weighted by atomic mass is 32.2. The molecule has 19 heavy (non-hydrogen) atoms. The van der Waals surface area contributed by atoms with Gasteiger partial charge in [-0.1, -0.05) is 13.0 Å². The van der Waals surface area contributed by atoms with Crippen molar-refractivity contribution in [3.05, 3.63) is 30.6 Å². The second kappa shape index (κ2) is 6.88. The van der Waals surface area contributed by atoms with Gasteiger partial charge in [0, 0.05) is 38.1 Å². The van der Waals surface area contributed by atoms with Crippen molar-refractivity contribution in [1.29, 1.82) is 0 Å². The van der Waals surface area contributed by atoms with Crippen LogP contribution in [-0.2, 0) is 23.1 Å². The van der Waals surface area contributed by atoms with Crippen LogP contribution in [0.3, 0.4) is 0 Å². The number of aryl methyl sites for hydroxylation is 1. The van der Waals surface area contributed by atoms with Gasteiger partial charge in [-0.25, -0.2) is 8.42 Å².